The number of hydrogen-bond donors (Lipinski definition) is 0. The second-order valence-corrected chi connectivity index (χ2v) is 5.51. The maximum atomic E-state index is 13.0. The van der Waals surface area contributed by atoms with Crippen LogP contribution < -0.4 is 4.74 Å². The molecule has 132 valence electrons. The number of likely N-dealkylation sites (tertiary alicyclic amines) is 1. The van der Waals surface area contributed by atoms with E-state index in [-0.39, 0.29) is 18.0 Å². The van der Waals surface area contributed by atoms with Crippen molar-refractivity contribution in [3.63, 3.8) is 0 Å². The van der Waals surface area contributed by atoms with E-state index in [0.717, 1.165) is 12.3 Å². The molecular formula is C16H13F4N3O2. The number of nitrogens with zero attached hydrogens (tertiary/aromatic N) is 3. The Morgan fingerprint density at radius 3 is 2.80 bits per heavy atom. The van der Waals surface area contributed by atoms with Gasteiger partial charge in [0.1, 0.15) is 11.8 Å². The maximum Gasteiger partial charge on any atom is 0.433 e. The Balaban J connectivity index is 1.66. The van der Waals surface area contributed by atoms with Crippen LogP contribution in [-0.2, 0) is 6.18 Å². The number of halogens is 4. The molecule has 0 bridgehead atoms. The number of carbonyl (C=O) groups is 1. The molecule has 0 radical (unpaired) electrons. The van der Waals surface area contributed by atoms with Crippen LogP contribution in [0.15, 0.2) is 36.5 Å². The number of aromatic nitrogens is 2. The molecule has 1 amide bonds. The first-order valence-electron chi connectivity index (χ1n) is 7.44. The summed E-state index contributed by atoms with van der Waals surface area (Å²) in [6, 6.07) is 6.08. The van der Waals surface area contributed by atoms with Crippen molar-refractivity contribution in [1.82, 2.24) is 14.9 Å². The van der Waals surface area contributed by atoms with Crippen molar-refractivity contribution in [2.24, 2.45) is 0 Å². The minimum atomic E-state index is -4.62. The first kappa shape index (κ1) is 17.1. The van der Waals surface area contributed by atoms with E-state index >= 15 is 0 Å². The van der Waals surface area contributed by atoms with Gasteiger partial charge in [-0.1, -0.05) is 6.07 Å². The van der Waals surface area contributed by atoms with E-state index in [1.807, 2.05) is 0 Å². The molecule has 1 atom stereocenters. The van der Waals surface area contributed by atoms with Crippen molar-refractivity contribution in [2.75, 3.05) is 13.1 Å². The van der Waals surface area contributed by atoms with Gasteiger partial charge in [-0.15, -0.1) is 0 Å². The van der Waals surface area contributed by atoms with Crippen LogP contribution in [-0.4, -0.2) is 40.0 Å². The van der Waals surface area contributed by atoms with Crippen molar-refractivity contribution < 1.29 is 27.1 Å². The van der Waals surface area contributed by atoms with Crippen molar-refractivity contribution in [3.8, 4) is 5.88 Å². The van der Waals surface area contributed by atoms with Gasteiger partial charge in [0.25, 0.3) is 5.91 Å². The molecule has 1 fully saturated rings. The van der Waals surface area contributed by atoms with E-state index in [1.165, 1.54) is 29.2 Å². The van der Waals surface area contributed by atoms with Crippen LogP contribution in [0.1, 0.15) is 22.5 Å². The lowest BCUT2D eigenvalue weighted by Gasteiger charge is -2.17. The topological polar surface area (TPSA) is 55.3 Å². The normalized spacial score (nSPS) is 17.6. The number of amides is 1. The SMILES string of the molecule is O=C(c1ccnc(C(F)(F)F)c1)N1CCC(Oc2cccc(F)n2)C1. The molecule has 0 aromatic carbocycles. The highest BCUT2D eigenvalue weighted by Gasteiger charge is 2.34. The minimum absolute atomic E-state index is 0.0909. The number of ether oxygens (including phenoxy) is 1. The van der Waals surface area contributed by atoms with E-state index in [0.29, 0.717) is 13.0 Å². The number of carbonyl (C=O) groups excluding carboxylic acids is 1. The maximum absolute atomic E-state index is 13.0. The predicted octanol–water partition coefficient (Wildman–Crippen LogP) is 2.93. The van der Waals surface area contributed by atoms with Gasteiger partial charge in [0.05, 0.1) is 6.54 Å². The molecule has 0 N–H and O–H groups in total. The molecule has 25 heavy (non-hydrogen) atoms. The van der Waals surface area contributed by atoms with Crippen molar-refractivity contribution in [3.05, 3.63) is 53.7 Å². The minimum Gasteiger partial charge on any atom is -0.472 e. The van der Waals surface area contributed by atoms with Crippen LogP contribution in [0.25, 0.3) is 0 Å². The summed E-state index contributed by atoms with van der Waals surface area (Å²) in [4.78, 5) is 20.6. The van der Waals surface area contributed by atoms with Gasteiger partial charge in [-0.25, -0.2) is 0 Å². The molecule has 5 nitrogen and oxygen atoms in total. The monoisotopic (exact) mass is 355 g/mol. The lowest BCUT2D eigenvalue weighted by Crippen LogP contribution is -2.31. The predicted molar refractivity (Wildman–Crippen MR) is 78.4 cm³/mol. The molecule has 0 aliphatic carbocycles. The third-order valence-corrected chi connectivity index (χ3v) is 3.71. The number of rotatable bonds is 3. The molecule has 9 heteroatoms. The Morgan fingerprint density at radius 2 is 2.08 bits per heavy atom. The molecule has 0 saturated carbocycles. The quantitative estimate of drug-likeness (QED) is 0.628. The van der Waals surface area contributed by atoms with Gasteiger partial charge in [0, 0.05) is 30.8 Å². The summed E-state index contributed by atoms with van der Waals surface area (Å²) in [5.41, 5.74) is -1.21. The average Bonchev–Trinajstić information content (AvgIpc) is 3.02. The molecule has 2 aromatic rings. The summed E-state index contributed by atoms with van der Waals surface area (Å²) in [5.74, 6) is -1.12. The van der Waals surface area contributed by atoms with Crippen LogP contribution >= 0.6 is 0 Å². The lowest BCUT2D eigenvalue weighted by atomic mass is 10.2. The van der Waals surface area contributed by atoms with Gasteiger partial charge >= 0.3 is 6.18 Å². The Kier molecular flexibility index (Phi) is 4.56. The van der Waals surface area contributed by atoms with Crippen LogP contribution in [0.2, 0.25) is 0 Å². The standard InChI is InChI=1S/C16H13F4N3O2/c17-13-2-1-3-14(22-13)25-11-5-7-23(9-11)15(24)10-4-6-21-12(8-10)16(18,19)20/h1-4,6,8,11H,5,7,9H2. The van der Waals surface area contributed by atoms with E-state index in [2.05, 4.69) is 9.97 Å². The summed E-state index contributed by atoms with van der Waals surface area (Å²) in [5, 5.41) is 0. The van der Waals surface area contributed by atoms with Gasteiger partial charge in [-0.3, -0.25) is 9.78 Å². The number of hydrogen-bond acceptors (Lipinski definition) is 4. The lowest BCUT2D eigenvalue weighted by molar-refractivity contribution is -0.141. The second kappa shape index (κ2) is 6.66. The van der Waals surface area contributed by atoms with Crippen LogP contribution in [0, 0.1) is 5.95 Å². The van der Waals surface area contributed by atoms with E-state index in [4.69, 9.17) is 4.74 Å². The van der Waals surface area contributed by atoms with E-state index < -0.39 is 29.8 Å². The highest BCUT2D eigenvalue weighted by Crippen LogP contribution is 2.28. The van der Waals surface area contributed by atoms with E-state index in [1.54, 1.807) is 0 Å². The first-order valence-corrected chi connectivity index (χ1v) is 7.44. The number of pyridine rings is 2. The first-order chi connectivity index (χ1) is 11.8. The molecule has 2 aromatic heterocycles. The molecule has 3 rings (SSSR count). The molecular weight excluding hydrogens is 342 g/mol. The fourth-order valence-corrected chi connectivity index (χ4v) is 2.54. The summed E-state index contributed by atoms with van der Waals surface area (Å²) >= 11 is 0. The van der Waals surface area contributed by atoms with Crippen LogP contribution in [0.3, 0.4) is 0 Å². The zero-order chi connectivity index (χ0) is 18.0. The summed E-state index contributed by atoms with van der Waals surface area (Å²) in [6.07, 6.45) is -3.59. The van der Waals surface area contributed by atoms with Crippen LogP contribution in [0.5, 0.6) is 5.88 Å². The van der Waals surface area contributed by atoms with E-state index in [9.17, 15) is 22.4 Å². The fourth-order valence-electron chi connectivity index (χ4n) is 2.54. The second-order valence-electron chi connectivity index (χ2n) is 5.51. The molecule has 1 aliphatic rings. The molecule has 1 unspecified atom stereocenters. The Bertz CT molecular complexity index is 782. The highest BCUT2D eigenvalue weighted by molar-refractivity contribution is 5.94. The summed E-state index contributed by atoms with van der Waals surface area (Å²) < 4.78 is 56.7. The molecule has 1 aliphatic heterocycles. The van der Waals surface area contributed by atoms with Crippen molar-refractivity contribution in [1.29, 1.82) is 0 Å². The van der Waals surface area contributed by atoms with Crippen LogP contribution in [0.4, 0.5) is 17.6 Å². The molecule has 1 saturated heterocycles. The van der Waals surface area contributed by atoms with Gasteiger partial charge < -0.3 is 9.64 Å². The number of alkyl halides is 3. The Morgan fingerprint density at radius 1 is 1.28 bits per heavy atom. The Hall–Kier alpha value is -2.71. The summed E-state index contributed by atoms with van der Waals surface area (Å²) in [7, 11) is 0. The van der Waals surface area contributed by atoms with Gasteiger partial charge in [0.15, 0.2) is 0 Å². The third kappa shape index (κ3) is 4.04. The van der Waals surface area contributed by atoms with Gasteiger partial charge in [0.2, 0.25) is 11.8 Å². The highest BCUT2D eigenvalue weighted by atomic mass is 19.4. The van der Waals surface area contributed by atoms with Crippen molar-refractivity contribution >= 4 is 5.91 Å². The molecule has 3 heterocycles. The zero-order valence-corrected chi connectivity index (χ0v) is 12.8. The molecule has 0 spiro atoms. The largest absolute Gasteiger partial charge is 0.472 e. The van der Waals surface area contributed by atoms with Gasteiger partial charge in [-0.05, 0) is 18.2 Å². The van der Waals surface area contributed by atoms with Crippen molar-refractivity contribution in [2.45, 2.75) is 18.7 Å². The summed E-state index contributed by atoms with van der Waals surface area (Å²) in [6.45, 7) is 0.503. The average molecular weight is 355 g/mol. The Labute approximate surface area is 140 Å². The smallest absolute Gasteiger partial charge is 0.433 e. The fraction of sp³-hybridized carbons (Fsp3) is 0.312. The zero-order valence-electron chi connectivity index (χ0n) is 12.8. The third-order valence-electron chi connectivity index (χ3n) is 3.71. The van der Waals surface area contributed by atoms with Gasteiger partial charge in [-0.2, -0.15) is 22.5 Å².